The Hall–Kier alpha value is -1.94. The van der Waals surface area contributed by atoms with Gasteiger partial charge in [-0.15, -0.1) is 0 Å². The Bertz CT molecular complexity index is 623. The van der Waals surface area contributed by atoms with Gasteiger partial charge < -0.3 is 9.88 Å². The smallest absolute Gasteiger partial charge is 0.309 e. The topological polar surface area (TPSA) is 49.0 Å². The van der Waals surface area contributed by atoms with E-state index in [1.807, 2.05) is 6.07 Å². The molecule has 1 saturated heterocycles. The van der Waals surface area contributed by atoms with Crippen molar-refractivity contribution in [3.05, 3.63) is 64.3 Å². The summed E-state index contributed by atoms with van der Waals surface area (Å²) in [6, 6.07) is 12.5. The summed E-state index contributed by atoms with van der Waals surface area (Å²) in [6.07, 6.45) is 5.02. The lowest BCUT2D eigenvalue weighted by Crippen LogP contribution is -2.36. The van der Waals surface area contributed by atoms with Gasteiger partial charge in [0.2, 0.25) is 0 Å². The zero-order chi connectivity index (χ0) is 14.5. The molecule has 3 rings (SSSR count). The predicted octanol–water partition coefficient (Wildman–Crippen LogP) is 2.19. The SMILES string of the molecule is O=c1nccc([C@H]2CCCN(CCc3ccccc3)C2)[nH]1. The third kappa shape index (κ3) is 3.79. The number of nitrogens with zero attached hydrogens (tertiary/aromatic N) is 2. The maximum Gasteiger partial charge on any atom is 0.345 e. The van der Waals surface area contributed by atoms with E-state index < -0.39 is 0 Å². The van der Waals surface area contributed by atoms with Crippen LogP contribution in [0, 0.1) is 0 Å². The van der Waals surface area contributed by atoms with Crippen molar-refractivity contribution >= 4 is 0 Å². The van der Waals surface area contributed by atoms with Crippen molar-refractivity contribution in [1.82, 2.24) is 14.9 Å². The fraction of sp³-hybridized carbons (Fsp3) is 0.412. The van der Waals surface area contributed by atoms with Crippen LogP contribution >= 0.6 is 0 Å². The van der Waals surface area contributed by atoms with Gasteiger partial charge in [0.05, 0.1) is 0 Å². The summed E-state index contributed by atoms with van der Waals surface area (Å²) >= 11 is 0. The molecule has 1 aliphatic rings. The highest BCUT2D eigenvalue weighted by Crippen LogP contribution is 2.24. The van der Waals surface area contributed by atoms with Gasteiger partial charge in [0.1, 0.15) is 0 Å². The van der Waals surface area contributed by atoms with E-state index in [4.69, 9.17) is 0 Å². The minimum atomic E-state index is -0.242. The van der Waals surface area contributed by atoms with Gasteiger partial charge in [-0.1, -0.05) is 30.3 Å². The maximum absolute atomic E-state index is 11.3. The van der Waals surface area contributed by atoms with Crippen LogP contribution in [-0.2, 0) is 6.42 Å². The second-order valence-corrected chi connectivity index (χ2v) is 5.71. The lowest BCUT2D eigenvalue weighted by atomic mass is 9.94. The van der Waals surface area contributed by atoms with Crippen LogP contribution in [0.15, 0.2) is 47.4 Å². The van der Waals surface area contributed by atoms with E-state index in [9.17, 15) is 4.79 Å². The zero-order valence-electron chi connectivity index (χ0n) is 12.2. The summed E-state index contributed by atoms with van der Waals surface area (Å²) in [5.41, 5.74) is 2.17. The Morgan fingerprint density at radius 1 is 1.24 bits per heavy atom. The second kappa shape index (κ2) is 6.68. The van der Waals surface area contributed by atoms with Crippen molar-refractivity contribution in [1.29, 1.82) is 0 Å². The van der Waals surface area contributed by atoms with Crippen molar-refractivity contribution < 1.29 is 0 Å². The molecule has 0 spiro atoms. The third-order valence-electron chi connectivity index (χ3n) is 4.20. The number of hydrogen-bond acceptors (Lipinski definition) is 3. The van der Waals surface area contributed by atoms with E-state index in [2.05, 4.69) is 45.2 Å². The number of piperidine rings is 1. The number of nitrogens with one attached hydrogen (secondary N) is 1. The van der Waals surface area contributed by atoms with Crippen LogP contribution in [0.1, 0.15) is 30.0 Å². The summed E-state index contributed by atoms with van der Waals surface area (Å²) in [5.74, 6) is 0.422. The van der Waals surface area contributed by atoms with Crippen LogP contribution < -0.4 is 5.69 Å². The molecular formula is C17H21N3O. The Kier molecular flexibility index (Phi) is 4.46. The van der Waals surface area contributed by atoms with E-state index in [-0.39, 0.29) is 5.69 Å². The Labute approximate surface area is 124 Å². The molecule has 0 radical (unpaired) electrons. The molecule has 1 aliphatic heterocycles. The monoisotopic (exact) mass is 283 g/mol. The number of hydrogen-bond donors (Lipinski definition) is 1. The first-order valence-electron chi connectivity index (χ1n) is 7.63. The Balaban J connectivity index is 1.59. The van der Waals surface area contributed by atoms with Crippen molar-refractivity contribution in [2.24, 2.45) is 0 Å². The lowest BCUT2D eigenvalue weighted by Gasteiger charge is -2.32. The standard InChI is InChI=1S/C17H21N3O/c21-17-18-10-8-16(19-17)15-7-4-11-20(13-15)12-9-14-5-2-1-3-6-14/h1-3,5-6,8,10,15H,4,7,9,11-13H2,(H,18,19,21)/t15-/m0/s1. The zero-order valence-corrected chi connectivity index (χ0v) is 12.2. The summed E-state index contributed by atoms with van der Waals surface area (Å²) in [4.78, 5) is 20.4. The molecule has 0 amide bonds. The van der Waals surface area contributed by atoms with Crippen LogP contribution in [0.5, 0.6) is 0 Å². The molecule has 21 heavy (non-hydrogen) atoms. The number of aromatic nitrogens is 2. The summed E-state index contributed by atoms with van der Waals surface area (Å²) < 4.78 is 0. The summed E-state index contributed by atoms with van der Waals surface area (Å²) in [6.45, 7) is 3.25. The number of aromatic amines is 1. The van der Waals surface area contributed by atoms with E-state index in [1.54, 1.807) is 6.20 Å². The van der Waals surface area contributed by atoms with Crippen LogP contribution in [0.25, 0.3) is 0 Å². The van der Waals surface area contributed by atoms with E-state index in [0.29, 0.717) is 5.92 Å². The first kappa shape index (κ1) is 14.0. The minimum absolute atomic E-state index is 0.242. The highest BCUT2D eigenvalue weighted by atomic mass is 16.1. The molecule has 1 fully saturated rings. The minimum Gasteiger partial charge on any atom is -0.309 e. The van der Waals surface area contributed by atoms with Crippen molar-refractivity contribution in [3.63, 3.8) is 0 Å². The largest absolute Gasteiger partial charge is 0.345 e. The normalized spacial score (nSPS) is 19.5. The summed E-state index contributed by atoms with van der Waals surface area (Å²) in [5, 5.41) is 0. The van der Waals surface area contributed by atoms with Crippen molar-refractivity contribution in [2.45, 2.75) is 25.2 Å². The number of benzene rings is 1. The molecule has 2 aromatic rings. The molecule has 4 nitrogen and oxygen atoms in total. The number of likely N-dealkylation sites (tertiary alicyclic amines) is 1. The van der Waals surface area contributed by atoms with Gasteiger partial charge in [-0.2, -0.15) is 0 Å². The molecule has 4 heteroatoms. The van der Waals surface area contributed by atoms with Gasteiger partial charge >= 0.3 is 5.69 Å². The predicted molar refractivity (Wildman–Crippen MR) is 83.4 cm³/mol. The van der Waals surface area contributed by atoms with E-state index >= 15 is 0 Å². The van der Waals surface area contributed by atoms with Gasteiger partial charge in [0, 0.05) is 30.9 Å². The quantitative estimate of drug-likeness (QED) is 0.935. The fourth-order valence-electron chi connectivity index (χ4n) is 3.07. The maximum atomic E-state index is 11.3. The Morgan fingerprint density at radius 2 is 2.10 bits per heavy atom. The van der Waals surface area contributed by atoms with Gasteiger partial charge in [-0.25, -0.2) is 9.78 Å². The second-order valence-electron chi connectivity index (χ2n) is 5.71. The summed E-state index contributed by atoms with van der Waals surface area (Å²) in [7, 11) is 0. The van der Waals surface area contributed by atoms with Crippen LogP contribution in [0.3, 0.4) is 0 Å². The van der Waals surface area contributed by atoms with Crippen molar-refractivity contribution in [2.75, 3.05) is 19.6 Å². The first-order chi connectivity index (χ1) is 10.3. The average Bonchev–Trinajstić information content (AvgIpc) is 2.54. The van der Waals surface area contributed by atoms with Crippen LogP contribution in [0.4, 0.5) is 0 Å². The molecule has 0 aliphatic carbocycles. The van der Waals surface area contributed by atoms with Crippen LogP contribution in [0.2, 0.25) is 0 Å². The van der Waals surface area contributed by atoms with Crippen molar-refractivity contribution in [3.8, 4) is 0 Å². The Morgan fingerprint density at radius 3 is 2.90 bits per heavy atom. The van der Waals surface area contributed by atoms with Gasteiger partial charge in [-0.05, 0) is 37.4 Å². The van der Waals surface area contributed by atoms with Gasteiger partial charge in [0.15, 0.2) is 0 Å². The highest BCUT2D eigenvalue weighted by Gasteiger charge is 2.21. The molecule has 1 atom stereocenters. The van der Waals surface area contributed by atoms with Gasteiger partial charge in [0.25, 0.3) is 0 Å². The molecule has 1 aromatic heterocycles. The molecule has 1 N–H and O–H groups in total. The molecule has 1 aromatic carbocycles. The van der Waals surface area contributed by atoms with Gasteiger partial charge in [-0.3, -0.25) is 0 Å². The lowest BCUT2D eigenvalue weighted by molar-refractivity contribution is 0.208. The molecule has 0 bridgehead atoms. The highest BCUT2D eigenvalue weighted by molar-refractivity contribution is 5.15. The molecule has 0 saturated carbocycles. The average molecular weight is 283 g/mol. The van der Waals surface area contributed by atoms with E-state index in [1.165, 1.54) is 12.0 Å². The van der Waals surface area contributed by atoms with E-state index in [0.717, 1.165) is 38.2 Å². The third-order valence-corrected chi connectivity index (χ3v) is 4.20. The molecule has 110 valence electrons. The fourth-order valence-corrected chi connectivity index (χ4v) is 3.07. The molecule has 0 unspecified atom stereocenters. The first-order valence-corrected chi connectivity index (χ1v) is 7.63. The number of H-pyrrole nitrogens is 1. The molecular weight excluding hydrogens is 262 g/mol. The molecule has 2 heterocycles. The number of rotatable bonds is 4. The van der Waals surface area contributed by atoms with Crippen LogP contribution in [-0.4, -0.2) is 34.5 Å².